The van der Waals surface area contributed by atoms with Gasteiger partial charge in [-0.25, -0.2) is 0 Å². The molecule has 4 rings (SSSR count). The molecule has 3 heterocycles. The second-order valence-electron chi connectivity index (χ2n) is 7.46. The van der Waals surface area contributed by atoms with E-state index in [2.05, 4.69) is 27.6 Å². The van der Waals surface area contributed by atoms with E-state index >= 15 is 0 Å². The molecule has 1 aromatic carbocycles. The zero-order valence-corrected chi connectivity index (χ0v) is 18.5. The molecule has 160 valence electrons. The lowest BCUT2D eigenvalue weighted by Gasteiger charge is -2.28. The van der Waals surface area contributed by atoms with Crippen molar-refractivity contribution in [1.82, 2.24) is 10.1 Å². The first-order valence-corrected chi connectivity index (χ1v) is 11.1. The third-order valence-corrected chi connectivity index (χ3v) is 6.49. The van der Waals surface area contributed by atoms with Crippen LogP contribution in [0.3, 0.4) is 0 Å². The molecule has 0 N–H and O–H groups in total. The summed E-state index contributed by atoms with van der Waals surface area (Å²) in [4.78, 5) is 3.60. The minimum absolute atomic E-state index is 0.226. The van der Waals surface area contributed by atoms with Crippen LogP contribution >= 0.6 is 11.3 Å². The summed E-state index contributed by atoms with van der Waals surface area (Å²) in [6, 6.07) is 10.5. The van der Waals surface area contributed by atoms with Crippen molar-refractivity contribution in [3.8, 4) is 27.9 Å². The molecule has 30 heavy (non-hydrogen) atoms. The van der Waals surface area contributed by atoms with Gasteiger partial charge in [-0.05, 0) is 48.5 Å². The summed E-state index contributed by atoms with van der Waals surface area (Å²) >= 11 is 1.67. The van der Waals surface area contributed by atoms with Crippen LogP contribution in [-0.2, 0) is 6.54 Å². The van der Waals surface area contributed by atoms with E-state index in [0.717, 1.165) is 41.4 Å². The van der Waals surface area contributed by atoms with Gasteiger partial charge in [0.15, 0.2) is 17.3 Å². The van der Waals surface area contributed by atoms with Crippen LogP contribution in [0.4, 0.5) is 0 Å². The van der Waals surface area contributed by atoms with Gasteiger partial charge in [0, 0.05) is 12.6 Å². The number of hydrogen-bond donors (Lipinski definition) is 0. The molecular weight excluding hydrogens is 400 g/mol. The summed E-state index contributed by atoms with van der Waals surface area (Å²) in [5, 5.41) is 6.50. The fourth-order valence-electron chi connectivity index (χ4n) is 4.13. The Balaban J connectivity index is 1.61. The summed E-state index contributed by atoms with van der Waals surface area (Å²) < 4.78 is 22.2. The molecule has 0 aliphatic carbocycles. The Morgan fingerprint density at radius 3 is 2.53 bits per heavy atom. The Kier molecular flexibility index (Phi) is 6.59. The Morgan fingerprint density at radius 1 is 1.07 bits per heavy atom. The van der Waals surface area contributed by atoms with Crippen LogP contribution in [-0.4, -0.2) is 37.9 Å². The lowest BCUT2D eigenvalue weighted by molar-refractivity contribution is 0.183. The van der Waals surface area contributed by atoms with E-state index in [1.807, 2.05) is 18.2 Å². The van der Waals surface area contributed by atoms with Crippen LogP contribution in [0, 0.1) is 0 Å². The van der Waals surface area contributed by atoms with E-state index in [1.54, 1.807) is 32.7 Å². The van der Waals surface area contributed by atoms with Gasteiger partial charge >= 0.3 is 0 Å². The molecule has 1 aliphatic rings. The molecule has 0 amide bonds. The number of aromatic nitrogens is 1. The minimum Gasteiger partial charge on any atom is -0.493 e. The first kappa shape index (κ1) is 20.8. The summed E-state index contributed by atoms with van der Waals surface area (Å²) in [7, 11) is 4.93. The summed E-state index contributed by atoms with van der Waals surface area (Å²) in [5.41, 5.74) is 2.13. The highest BCUT2D eigenvalue weighted by atomic mass is 32.1. The van der Waals surface area contributed by atoms with E-state index in [4.69, 9.17) is 18.7 Å². The maximum Gasteiger partial charge on any atom is 0.203 e. The highest BCUT2D eigenvalue weighted by Gasteiger charge is 2.27. The predicted octanol–water partition coefficient (Wildman–Crippen LogP) is 5.55. The number of benzene rings is 1. The largest absolute Gasteiger partial charge is 0.493 e. The van der Waals surface area contributed by atoms with Crippen molar-refractivity contribution in [2.45, 2.75) is 38.3 Å². The van der Waals surface area contributed by atoms with E-state index in [-0.39, 0.29) is 6.04 Å². The van der Waals surface area contributed by atoms with Crippen molar-refractivity contribution in [1.29, 1.82) is 0 Å². The van der Waals surface area contributed by atoms with Crippen LogP contribution in [0.1, 0.15) is 43.0 Å². The van der Waals surface area contributed by atoms with Crippen LogP contribution < -0.4 is 14.2 Å². The Labute approximate surface area is 181 Å². The average molecular weight is 429 g/mol. The quantitative estimate of drug-likeness (QED) is 0.492. The molecular formula is C23H28N2O4S. The molecule has 1 saturated heterocycles. The fraction of sp³-hybridized carbons (Fsp3) is 0.435. The number of ether oxygens (including phenoxy) is 3. The van der Waals surface area contributed by atoms with E-state index in [1.165, 1.54) is 19.3 Å². The molecule has 1 aliphatic heterocycles. The first-order valence-electron chi connectivity index (χ1n) is 10.3. The second kappa shape index (κ2) is 9.53. The third-order valence-electron chi connectivity index (χ3n) is 5.61. The number of nitrogens with zero attached hydrogens (tertiary/aromatic N) is 2. The summed E-state index contributed by atoms with van der Waals surface area (Å²) in [6.45, 7) is 1.80. The van der Waals surface area contributed by atoms with Gasteiger partial charge in [0.2, 0.25) is 5.75 Å². The maximum atomic E-state index is 5.68. The van der Waals surface area contributed by atoms with Gasteiger partial charge in [-0.2, -0.15) is 0 Å². The minimum atomic E-state index is 0.226. The van der Waals surface area contributed by atoms with Crippen molar-refractivity contribution in [2.75, 3.05) is 27.9 Å². The van der Waals surface area contributed by atoms with Gasteiger partial charge in [0.25, 0.3) is 0 Å². The molecule has 7 heteroatoms. The van der Waals surface area contributed by atoms with Crippen molar-refractivity contribution in [3.63, 3.8) is 0 Å². The van der Waals surface area contributed by atoms with E-state index in [0.29, 0.717) is 17.2 Å². The second-order valence-corrected chi connectivity index (χ2v) is 8.41. The van der Waals surface area contributed by atoms with E-state index in [9.17, 15) is 0 Å². The first-order chi connectivity index (χ1) is 14.7. The Morgan fingerprint density at radius 2 is 1.87 bits per heavy atom. The molecule has 0 saturated carbocycles. The fourth-order valence-corrected chi connectivity index (χ4v) is 4.81. The highest BCUT2D eigenvalue weighted by Crippen LogP contribution is 2.40. The van der Waals surface area contributed by atoms with Gasteiger partial charge in [-0.3, -0.25) is 4.90 Å². The van der Waals surface area contributed by atoms with Crippen LogP contribution in [0.5, 0.6) is 17.2 Å². The zero-order valence-electron chi connectivity index (χ0n) is 17.7. The van der Waals surface area contributed by atoms with Crippen molar-refractivity contribution in [2.24, 2.45) is 0 Å². The SMILES string of the molecule is COc1cc(CN2CCCCCC2c2cc(-c3cccs3)on2)cc(OC)c1OC. The van der Waals surface area contributed by atoms with Gasteiger partial charge in [0.05, 0.1) is 32.2 Å². The number of hydrogen-bond acceptors (Lipinski definition) is 7. The molecule has 6 nitrogen and oxygen atoms in total. The number of methoxy groups -OCH3 is 3. The Bertz CT molecular complexity index is 929. The number of rotatable bonds is 7. The van der Waals surface area contributed by atoms with Crippen molar-refractivity contribution < 1.29 is 18.7 Å². The molecule has 3 aromatic rings. The lowest BCUT2D eigenvalue weighted by Crippen LogP contribution is -2.28. The van der Waals surface area contributed by atoms with Gasteiger partial charge in [0.1, 0.15) is 5.69 Å². The summed E-state index contributed by atoms with van der Waals surface area (Å²) in [6.07, 6.45) is 4.67. The van der Waals surface area contributed by atoms with Gasteiger partial charge in [-0.15, -0.1) is 11.3 Å². The van der Waals surface area contributed by atoms with Gasteiger partial charge in [-0.1, -0.05) is 24.1 Å². The highest BCUT2D eigenvalue weighted by molar-refractivity contribution is 7.13. The number of thiophene rings is 1. The van der Waals surface area contributed by atoms with E-state index < -0.39 is 0 Å². The number of likely N-dealkylation sites (tertiary alicyclic amines) is 1. The topological polar surface area (TPSA) is 57.0 Å². The smallest absolute Gasteiger partial charge is 0.203 e. The Hall–Kier alpha value is -2.51. The van der Waals surface area contributed by atoms with Gasteiger partial charge < -0.3 is 18.7 Å². The molecule has 0 radical (unpaired) electrons. The monoisotopic (exact) mass is 428 g/mol. The molecule has 1 atom stereocenters. The maximum absolute atomic E-state index is 5.68. The lowest BCUT2D eigenvalue weighted by atomic mass is 10.0. The van der Waals surface area contributed by atoms with Crippen LogP contribution in [0.15, 0.2) is 40.2 Å². The van der Waals surface area contributed by atoms with Crippen LogP contribution in [0.2, 0.25) is 0 Å². The van der Waals surface area contributed by atoms with Crippen LogP contribution in [0.25, 0.3) is 10.6 Å². The standard InChI is InChI=1S/C23H28N2O4S/c1-26-20-12-16(13-21(27-2)23(20)28-3)15-25-10-6-4-5-8-18(25)17-14-19(29-24-17)22-9-7-11-30-22/h7,9,11-14,18H,4-6,8,10,15H2,1-3H3. The summed E-state index contributed by atoms with van der Waals surface area (Å²) in [5.74, 6) is 2.82. The normalized spacial score (nSPS) is 17.5. The third kappa shape index (κ3) is 4.32. The average Bonchev–Trinajstić information content (AvgIpc) is 3.42. The molecule has 1 fully saturated rings. The molecule has 0 bridgehead atoms. The molecule has 0 spiro atoms. The predicted molar refractivity (Wildman–Crippen MR) is 118 cm³/mol. The van der Waals surface area contributed by atoms with Crippen molar-refractivity contribution in [3.05, 3.63) is 47.0 Å². The zero-order chi connectivity index (χ0) is 20.9. The molecule has 2 aromatic heterocycles. The van der Waals surface area contributed by atoms with Crippen molar-refractivity contribution >= 4 is 11.3 Å². The molecule has 1 unspecified atom stereocenters.